The largest absolute Gasteiger partial charge is 0.460 e. The van der Waals surface area contributed by atoms with Crippen LogP contribution < -0.4 is 15.4 Å². The zero-order valence-electron chi connectivity index (χ0n) is 24.2. The highest BCUT2D eigenvalue weighted by Crippen LogP contribution is 2.25. The standard InChI is InChI=1S/C30H40N8O3/c1-5-26(39)37-13-7-9-22(19-37)28(40)33-23-10-6-8-21(16-23)17-31-29-35-30(41-24-11-14-36(4)15-12-24)34-27-25(20(2)3)18-32-38(27)29/h5-6,8,10,16,18,20,22,24H,1,7,9,11-15,17,19H2,2-4H3,(H,33,40)(H,31,34,35). The molecule has 5 rings (SSSR count). The molecule has 0 spiro atoms. The first-order valence-corrected chi connectivity index (χ1v) is 14.5. The number of aromatic nitrogens is 4. The van der Waals surface area contributed by atoms with Crippen molar-refractivity contribution in [3.05, 3.63) is 54.2 Å². The third-order valence-electron chi connectivity index (χ3n) is 7.86. The fourth-order valence-electron chi connectivity index (χ4n) is 5.41. The van der Waals surface area contributed by atoms with Gasteiger partial charge in [0.15, 0.2) is 5.65 Å². The summed E-state index contributed by atoms with van der Waals surface area (Å²) in [6.45, 7) is 11.3. The van der Waals surface area contributed by atoms with Crippen molar-refractivity contribution < 1.29 is 14.3 Å². The quantitative estimate of drug-likeness (QED) is 0.381. The third-order valence-corrected chi connectivity index (χ3v) is 7.86. The van der Waals surface area contributed by atoms with Crippen molar-refractivity contribution >= 4 is 29.1 Å². The van der Waals surface area contributed by atoms with Crippen LogP contribution in [-0.2, 0) is 16.1 Å². The zero-order valence-corrected chi connectivity index (χ0v) is 24.2. The molecule has 2 N–H and O–H groups in total. The number of benzene rings is 1. The number of anilines is 2. The lowest BCUT2D eigenvalue weighted by molar-refractivity contribution is -0.130. The molecule has 218 valence electrons. The molecule has 1 atom stereocenters. The van der Waals surface area contributed by atoms with E-state index in [1.807, 2.05) is 30.5 Å². The second-order valence-electron chi connectivity index (χ2n) is 11.3. The molecule has 11 nitrogen and oxygen atoms in total. The van der Waals surface area contributed by atoms with Crippen LogP contribution in [0.5, 0.6) is 6.01 Å². The monoisotopic (exact) mass is 560 g/mol. The van der Waals surface area contributed by atoms with Gasteiger partial charge in [-0.3, -0.25) is 9.59 Å². The van der Waals surface area contributed by atoms with E-state index in [1.54, 1.807) is 9.42 Å². The summed E-state index contributed by atoms with van der Waals surface area (Å²) in [6.07, 6.45) is 6.65. The number of piperidine rings is 2. The molecule has 11 heteroatoms. The van der Waals surface area contributed by atoms with Gasteiger partial charge in [-0.25, -0.2) is 0 Å². The summed E-state index contributed by atoms with van der Waals surface area (Å²) in [4.78, 5) is 38.4. The van der Waals surface area contributed by atoms with Crippen molar-refractivity contribution in [3.8, 4) is 6.01 Å². The lowest BCUT2D eigenvalue weighted by atomic mass is 9.97. The summed E-state index contributed by atoms with van der Waals surface area (Å²) < 4.78 is 7.98. The Morgan fingerprint density at radius 3 is 2.73 bits per heavy atom. The average Bonchev–Trinajstić information content (AvgIpc) is 3.41. The first-order chi connectivity index (χ1) is 19.8. The molecule has 1 unspecified atom stereocenters. The van der Waals surface area contributed by atoms with Gasteiger partial charge < -0.3 is 25.2 Å². The number of hydrogen-bond acceptors (Lipinski definition) is 8. The van der Waals surface area contributed by atoms with Crippen LogP contribution in [0.3, 0.4) is 0 Å². The minimum absolute atomic E-state index is 0.0809. The molecule has 4 heterocycles. The molecule has 2 aliphatic rings. The summed E-state index contributed by atoms with van der Waals surface area (Å²) in [5.41, 5.74) is 3.44. The van der Waals surface area contributed by atoms with Gasteiger partial charge >= 0.3 is 6.01 Å². The van der Waals surface area contributed by atoms with Crippen molar-refractivity contribution in [2.75, 3.05) is 43.9 Å². The number of nitrogens with zero attached hydrogens (tertiary/aromatic N) is 6. The predicted molar refractivity (Wildman–Crippen MR) is 158 cm³/mol. The second kappa shape index (κ2) is 12.7. The van der Waals surface area contributed by atoms with Crippen molar-refractivity contribution in [2.24, 2.45) is 5.92 Å². The van der Waals surface area contributed by atoms with E-state index in [0.29, 0.717) is 37.3 Å². The number of nitrogens with one attached hydrogen (secondary N) is 2. The highest BCUT2D eigenvalue weighted by molar-refractivity contribution is 5.94. The Morgan fingerprint density at radius 2 is 1.98 bits per heavy atom. The summed E-state index contributed by atoms with van der Waals surface area (Å²) in [5.74, 6) is 0.336. The minimum Gasteiger partial charge on any atom is -0.460 e. The van der Waals surface area contributed by atoms with E-state index in [9.17, 15) is 9.59 Å². The lowest BCUT2D eigenvalue weighted by Crippen LogP contribution is -2.43. The van der Waals surface area contributed by atoms with Crippen LogP contribution in [-0.4, -0.2) is 80.5 Å². The van der Waals surface area contributed by atoms with Gasteiger partial charge in [0.05, 0.1) is 12.1 Å². The number of ether oxygens (including phenoxy) is 1. The fourth-order valence-corrected chi connectivity index (χ4v) is 5.41. The first-order valence-electron chi connectivity index (χ1n) is 14.5. The van der Waals surface area contributed by atoms with Gasteiger partial charge in [0.25, 0.3) is 0 Å². The van der Waals surface area contributed by atoms with Gasteiger partial charge in [-0.05, 0) is 62.4 Å². The molecule has 1 aromatic carbocycles. The number of carbonyl (C=O) groups excluding carboxylic acids is 2. The topological polar surface area (TPSA) is 117 Å². The Hall–Kier alpha value is -3.99. The molecule has 0 saturated carbocycles. The highest BCUT2D eigenvalue weighted by Gasteiger charge is 2.27. The SMILES string of the molecule is C=CC(=O)N1CCCC(C(=O)Nc2cccc(CNc3nc(OC4CCN(C)CC4)nc4c(C(C)C)cnn34)c2)C1. The van der Waals surface area contributed by atoms with Gasteiger partial charge in [0.1, 0.15) is 6.10 Å². The molecule has 2 amide bonds. The van der Waals surface area contributed by atoms with Crippen LogP contribution in [0.15, 0.2) is 43.1 Å². The van der Waals surface area contributed by atoms with E-state index in [4.69, 9.17) is 14.7 Å². The van der Waals surface area contributed by atoms with E-state index in [-0.39, 0.29) is 29.8 Å². The van der Waals surface area contributed by atoms with Gasteiger partial charge in [0.2, 0.25) is 17.8 Å². The fraction of sp³-hybridized carbons (Fsp3) is 0.500. The molecule has 2 aromatic heterocycles. The number of fused-ring (bicyclic) bond motifs is 1. The molecule has 2 fully saturated rings. The second-order valence-corrected chi connectivity index (χ2v) is 11.3. The third kappa shape index (κ3) is 6.84. The molecule has 2 saturated heterocycles. The summed E-state index contributed by atoms with van der Waals surface area (Å²) >= 11 is 0. The van der Waals surface area contributed by atoms with Crippen LogP contribution >= 0.6 is 0 Å². The normalized spacial score (nSPS) is 18.4. The zero-order chi connectivity index (χ0) is 28.9. The molecule has 0 radical (unpaired) electrons. The Kier molecular flexibility index (Phi) is 8.82. The maximum Gasteiger partial charge on any atom is 0.322 e. The summed E-state index contributed by atoms with van der Waals surface area (Å²) in [5, 5.41) is 11.0. The number of likely N-dealkylation sites (tertiary alicyclic amines) is 2. The van der Waals surface area contributed by atoms with Gasteiger partial charge in [-0.2, -0.15) is 19.6 Å². The molecule has 3 aromatic rings. The maximum absolute atomic E-state index is 13.0. The summed E-state index contributed by atoms with van der Waals surface area (Å²) in [6, 6.07) is 8.07. The molecule has 0 bridgehead atoms. The number of carbonyl (C=O) groups is 2. The molecular weight excluding hydrogens is 520 g/mol. The molecule has 41 heavy (non-hydrogen) atoms. The van der Waals surface area contributed by atoms with Crippen LogP contribution in [0.4, 0.5) is 11.6 Å². The minimum atomic E-state index is -0.248. The van der Waals surface area contributed by atoms with Gasteiger partial charge in [-0.15, -0.1) is 0 Å². The van der Waals surface area contributed by atoms with Crippen molar-refractivity contribution in [2.45, 2.75) is 58.1 Å². The van der Waals surface area contributed by atoms with E-state index in [2.05, 4.69) is 48.1 Å². The smallest absolute Gasteiger partial charge is 0.322 e. The Labute approximate surface area is 241 Å². The number of rotatable bonds is 9. The Balaban J connectivity index is 1.28. The van der Waals surface area contributed by atoms with Crippen molar-refractivity contribution in [3.63, 3.8) is 0 Å². The maximum atomic E-state index is 13.0. The highest BCUT2D eigenvalue weighted by atomic mass is 16.5. The molecule has 2 aliphatic heterocycles. The van der Waals surface area contributed by atoms with Crippen LogP contribution in [0.1, 0.15) is 56.6 Å². The van der Waals surface area contributed by atoms with Crippen molar-refractivity contribution in [1.29, 1.82) is 0 Å². The van der Waals surface area contributed by atoms with Crippen LogP contribution in [0.2, 0.25) is 0 Å². The summed E-state index contributed by atoms with van der Waals surface area (Å²) in [7, 11) is 2.12. The lowest BCUT2D eigenvalue weighted by Gasteiger charge is -2.31. The predicted octanol–water partition coefficient (Wildman–Crippen LogP) is 3.70. The van der Waals surface area contributed by atoms with E-state index in [1.165, 1.54) is 6.08 Å². The van der Waals surface area contributed by atoms with E-state index < -0.39 is 0 Å². The number of hydrogen-bond donors (Lipinski definition) is 2. The van der Waals surface area contributed by atoms with Gasteiger partial charge in [-0.1, -0.05) is 32.6 Å². The molecule has 0 aliphatic carbocycles. The van der Waals surface area contributed by atoms with E-state index >= 15 is 0 Å². The first kappa shape index (κ1) is 28.5. The van der Waals surface area contributed by atoms with Crippen LogP contribution in [0, 0.1) is 5.92 Å². The van der Waals surface area contributed by atoms with Gasteiger partial charge in [0, 0.05) is 44.0 Å². The number of amides is 2. The van der Waals surface area contributed by atoms with E-state index in [0.717, 1.165) is 55.5 Å². The Bertz CT molecular complexity index is 1400. The van der Waals surface area contributed by atoms with Crippen molar-refractivity contribution in [1.82, 2.24) is 29.4 Å². The molecular formula is C30H40N8O3. The average molecular weight is 561 g/mol. The van der Waals surface area contributed by atoms with Crippen LogP contribution in [0.25, 0.3) is 5.65 Å². The Morgan fingerprint density at radius 1 is 1.17 bits per heavy atom.